The van der Waals surface area contributed by atoms with Gasteiger partial charge in [0.15, 0.2) is 5.82 Å². The van der Waals surface area contributed by atoms with Crippen molar-refractivity contribution < 1.29 is 14.6 Å². The quantitative estimate of drug-likeness (QED) is 0.833. The van der Waals surface area contributed by atoms with Crippen molar-refractivity contribution >= 4 is 6.03 Å². The van der Waals surface area contributed by atoms with Gasteiger partial charge >= 0.3 is 6.03 Å². The highest BCUT2D eigenvalue weighted by molar-refractivity contribution is 5.73. The van der Waals surface area contributed by atoms with Gasteiger partial charge in [0, 0.05) is 33.1 Å². The first-order valence-corrected chi connectivity index (χ1v) is 9.27. The number of nitrogens with zero attached hydrogens (tertiary/aromatic N) is 5. The van der Waals surface area contributed by atoms with Crippen LogP contribution in [0, 0.1) is 0 Å². The molecule has 2 aromatic rings. The van der Waals surface area contributed by atoms with E-state index in [-0.39, 0.29) is 25.2 Å². The maximum Gasteiger partial charge on any atom is 0.319 e. The van der Waals surface area contributed by atoms with E-state index in [0.29, 0.717) is 25.5 Å². The fraction of sp³-hybridized carbons (Fsp3) is 0.526. The van der Waals surface area contributed by atoms with Crippen molar-refractivity contribution in [2.75, 3.05) is 33.8 Å². The Kier molecular flexibility index (Phi) is 6.28. The van der Waals surface area contributed by atoms with Gasteiger partial charge in [-0.1, -0.05) is 18.2 Å². The van der Waals surface area contributed by atoms with Crippen LogP contribution in [0.4, 0.5) is 4.79 Å². The normalized spacial score (nSPS) is 15.0. The molecular formula is C19H27N5O3. The van der Waals surface area contributed by atoms with Gasteiger partial charge in [-0.25, -0.2) is 14.5 Å². The van der Waals surface area contributed by atoms with Gasteiger partial charge in [-0.2, -0.15) is 5.10 Å². The molecule has 146 valence electrons. The van der Waals surface area contributed by atoms with E-state index in [1.165, 1.54) is 0 Å². The van der Waals surface area contributed by atoms with Crippen molar-refractivity contribution in [1.29, 1.82) is 0 Å². The van der Waals surface area contributed by atoms with Crippen molar-refractivity contribution in [3.8, 4) is 5.75 Å². The maximum atomic E-state index is 12.1. The first-order valence-electron chi connectivity index (χ1n) is 9.27. The second-order valence-electron chi connectivity index (χ2n) is 6.87. The molecule has 8 nitrogen and oxygen atoms in total. The number of hydrogen-bond donors (Lipinski definition) is 1. The summed E-state index contributed by atoms with van der Waals surface area (Å²) in [6, 6.07) is 9.60. The standard InChI is InChI=1S/C19H27N5O3/c1-22(2)19(26)23-10-8-15(9-11-23)18-20-17(21-24(18)12-13-25)14-27-16-6-4-3-5-7-16/h3-7,15,25H,8-14H2,1-2H3. The molecular weight excluding hydrogens is 346 g/mol. The van der Waals surface area contributed by atoms with E-state index in [0.717, 1.165) is 24.4 Å². The summed E-state index contributed by atoms with van der Waals surface area (Å²) in [6.45, 7) is 2.10. The summed E-state index contributed by atoms with van der Waals surface area (Å²) in [6.07, 6.45) is 1.67. The number of amides is 2. The summed E-state index contributed by atoms with van der Waals surface area (Å²) < 4.78 is 7.52. The van der Waals surface area contributed by atoms with Gasteiger partial charge in [0.2, 0.25) is 0 Å². The third-order valence-electron chi connectivity index (χ3n) is 4.68. The number of aromatic nitrogens is 3. The van der Waals surface area contributed by atoms with Crippen LogP contribution in [0.1, 0.15) is 30.4 Å². The van der Waals surface area contributed by atoms with Crippen LogP contribution in [-0.4, -0.2) is 69.5 Å². The molecule has 1 fully saturated rings. The van der Waals surface area contributed by atoms with Gasteiger partial charge < -0.3 is 19.6 Å². The zero-order valence-electron chi connectivity index (χ0n) is 15.9. The van der Waals surface area contributed by atoms with Crippen LogP contribution >= 0.6 is 0 Å². The predicted octanol–water partition coefficient (Wildman–Crippen LogP) is 1.71. The molecule has 1 aromatic carbocycles. The second-order valence-corrected chi connectivity index (χ2v) is 6.87. The maximum absolute atomic E-state index is 12.1. The number of hydrogen-bond acceptors (Lipinski definition) is 5. The third-order valence-corrected chi connectivity index (χ3v) is 4.68. The average molecular weight is 373 g/mol. The highest BCUT2D eigenvalue weighted by atomic mass is 16.5. The summed E-state index contributed by atoms with van der Waals surface area (Å²) in [7, 11) is 3.54. The van der Waals surface area contributed by atoms with Crippen molar-refractivity contribution in [3.63, 3.8) is 0 Å². The van der Waals surface area contributed by atoms with Crippen LogP contribution in [0.25, 0.3) is 0 Å². The summed E-state index contributed by atoms with van der Waals surface area (Å²) in [5.74, 6) is 2.47. The number of benzene rings is 1. The minimum absolute atomic E-state index is 0.00724. The zero-order chi connectivity index (χ0) is 19.2. The molecule has 1 N–H and O–H groups in total. The van der Waals surface area contributed by atoms with Gasteiger partial charge in [0.25, 0.3) is 0 Å². The molecule has 1 aliphatic rings. The monoisotopic (exact) mass is 373 g/mol. The number of carbonyl (C=O) groups is 1. The van der Waals surface area contributed by atoms with Gasteiger partial charge in [-0.15, -0.1) is 0 Å². The Balaban J connectivity index is 1.66. The first kappa shape index (κ1) is 19.2. The number of likely N-dealkylation sites (tertiary alicyclic amines) is 1. The van der Waals surface area contributed by atoms with E-state index in [9.17, 15) is 9.90 Å². The number of carbonyl (C=O) groups excluding carboxylic acids is 1. The fourth-order valence-corrected chi connectivity index (χ4v) is 3.30. The fourth-order valence-electron chi connectivity index (χ4n) is 3.30. The molecule has 27 heavy (non-hydrogen) atoms. The van der Waals surface area contributed by atoms with Gasteiger partial charge in [-0.3, -0.25) is 0 Å². The van der Waals surface area contributed by atoms with E-state index in [1.54, 1.807) is 23.7 Å². The number of aliphatic hydroxyl groups excluding tert-OH is 1. The Morgan fingerprint density at radius 2 is 1.96 bits per heavy atom. The van der Waals surface area contributed by atoms with E-state index in [1.807, 2.05) is 35.2 Å². The van der Waals surface area contributed by atoms with Crippen LogP contribution in [0.3, 0.4) is 0 Å². The highest BCUT2D eigenvalue weighted by Gasteiger charge is 2.28. The summed E-state index contributed by atoms with van der Waals surface area (Å²) in [4.78, 5) is 20.2. The summed E-state index contributed by atoms with van der Waals surface area (Å²) >= 11 is 0. The Labute approximate surface area is 159 Å². The van der Waals surface area contributed by atoms with Crippen LogP contribution in [0.5, 0.6) is 5.75 Å². The van der Waals surface area contributed by atoms with Gasteiger partial charge in [-0.05, 0) is 25.0 Å². The number of aliphatic hydroxyl groups is 1. The predicted molar refractivity (Wildman–Crippen MR) is 101 cm³/mol. The van der Waals surface area contributed by atoms with Crippen LogP contribution < -0.4 is 4.74 Å². The molecule has 0 atom stereocenters. The average Bonchev–Trinajstić information content (AvgIpc) is 3.10. The van der Waals surface area contributed by atoms with Crippen molar-refractivity contribution in [3.05, 3.63) is 42.0 Å². The van der Waals surface area contributed by atoms with Crippen molar-refractivity contribution in [1.82, 2.24) is 24.6 Å². The molecule has 3 rings (SSSR count). The Hall–Kier alpha value is -2.61. The summed E-state index contributed by atoms with van der Waals surface area (Å²) in [5.41, 5.74) is 0. The van der Waals surface area contributed by atoms with Crippen LogP contribution in [0.15, 0.2) is 30.3 Å². The molecule has 1 aliphatic heterocycles. The number of para-hydroxylation sites is 1. The molecule has 0 spiro atoms. The molecule has 1 aromatic heterocycles. The zero-order valence-corrected chi connectivity index (χ0v) is 15.9. The van der Waals surface area contributed by atoms with Gasteiger partial charge in [0.1, 0.15) is 18.2 Å². The summed E-state index contributed by atoms with van der Waals surface area (Å²) in [5, 5.41) is 13.9. The minimum Gasteiger partial charge on any atom is -0.486 e. The lowest BCUT2D eigenvalue weighted by molar-refractivity contribution is 0.154. The topological polar surface area (TPSA) is 83.7 Å². The van der Waals surface area contributed by atoms with Gasteiger partial charge in [0.05, 0.1) is 13.2 Å². The lowest BCUT2D eigenvalue weighted by Gasteiger charge is -2.33. The number of piperidine rings is 1. The molecule has 0 unspecified atom stereocenters. The Morgan fingerprint density at radius 3 is 2.59 bits per heavy atom. The van der Waals surface area contributed by atoms with E-state index >= 15 is 0 Å². The molecule has 8 heteroatoms. The Morgan fingerprint density at radius 1 is 1.26 bits per heavy atom. The SMILES string of the molecule is CN(C)C(=O)N1CCC(c2nc(COc3ccccc3)nn2CCO)CC1. The molecule has 0 radical (unpaired) electrons. The second kappa shape index (κ2) is 8.85. The molecule has 2 amide bonds. The number of urea groups is 1. The highest BCUT2D eigenvalue weighted by Crippen LogP contribution is 2.27. The lowest BCUT2D eigenvalue weighted by Crippen LogP contribution is -2.43. The van der Waals surface area contributed by atoms with E-state index < -0.39 is 0 Å². The number of rotatable bonds is 6. The van der Waals surface area contributed by atoms with Crippen molar-refractivity contribution in [2.24, 2.45) is 0 Å². The molecule has 2 heterocycles. The third kappa shape index (κ3) is 4.77. The van der Waals surface area contributed by atoms with Crippen LogP contribution in [0.2, 0.25) is 0 Å². The van der Waals surface area contributed by atoms with Crippen LogP contribution in [-0.2, 0) is 13.2 Å². The molecule has 1 saturated heterocycles. The Bertz CT molecular complexity index is 739. The molecule has 0 saturated carbocycles. The number of ether oxygens (including phenoxy) is 1. The lowest BCUT2D eigenvalue weighted by atomic mass is 9.96. The first-order chi connectivity index (χ1) is 13.1. The largest absolute Gasteiger partial charge is 0.486 e. The molecule has 0 bridgehead atoms. The van der Waals surface area contributed by atoms with E-state index in [4.69, 9.17) is 4.74 Å². The van der Waals surface area contributed by atoms with Crippen molar-refractivity contribution in [2.45, 2.75) is 31.9 Å². The molecule has 0 aliphatic carbocycles. The van der Waals surface area contributed by atoms with E-state index in [2.05, 4.69) is 10.1 Å². The minimum atomic E-state index is 0.00724. The smallest absolute Gasteiger partial charge is 0.319 e.